The van der Waals surface area contributed by atoms with Crippen molar-refractivity contribution >= 4 is 28.1 Å². The van der Waals surface area contributed by atoms with E-state index < -0.39 is 0 Å². The van der Waals surface area contributed by atoms with E-state index in [1.54, 1.807) is 29.3 Å². The van der Waals surface area contributed by atoms with Gasteiger partial charge in [0.2, 0.25) is 0 Å². The zero-order valence-electron chi connectivity index (χ0n) is 14.2. The summed E-state index contributed by atoms with van der Waals surface area (Å²) in [7, 11) is 1.70. The molecule has 3 heterocycles. The highest BCUT2D eigenvalue weighted by Gasteiger charge is 2.13. The maximum absolute atomic E-state index is 12.2. The van der Waals surface area contributed by atoms with Crippen molar-refractivity contribution < 1.29 is 4.74 Å². The number of aryl methyl sites for hydroxylation is 2. The number of imidazole rings is 1. The molecule has 0 unspecified atom stereocenters. The number of methoxy groups -OCH3 is 1. The fourth-order valence-electron chi connectivity index (χ4n) is 2.49. The van der Waals surface area contributed by atoms with E-state index in [9.17, 15) is 4.79 Å². The molecule has 0 aliphatic carbocycles. The molecule has 6 nitrogen and oxygen atoms in total. The van der Waals surface area contributed by atoms with Crippen molar-refractivity contribution in [3.63, 3.8) is 0 Å². The molecule has 128 valence electrons. The maximum atomic E-state index is 12.2. The Balaban J connectivity index is 1.83. The molecule has 3 rings (SSSR count). The lowest BCUT2D eigenvalue weighted by Gasteiger charge is -2.09. The van der Waals surface area contributed by atoms with Crippen molar-refractivity contribution in [3.05, 3.63) is 44.6 Å². The Morgan fingerprint density at radius 1 is 1.29 bits per heavy atom. The minimum absolute atomic E-state index is 0.0237. The molecule has 3 aromatic heterocycles. The summed E-state index contributed by atoms with van der Waals surface area (Å²) in [5.41, 5.74) is 3.85. The van der Waals surface area contributed by atoms with E-state index in [0.29, 0.717) is 12.4 Å². The average molecular weight is 364 g/mol. The SMILES string of the molecule is COCCn1c(SCc2cc(=O)n3c(C)csc3n2)nc(C)c1C. The first-order valence-corrected chi connectivity index (χ1v) is 9.50. The highest BCUT2D eigenvalue weighted by molar-refractivity contribution is 7.98. The van der Waals surface area contributed by atoms with E-state index in [4.69, 9.17) is 4.74 Å². The largest absolute Gasteiger partial charge is 0.383 e. The minimum atomic E-state index is -0.0237. The number of ether oxygens (including phenoxy) is 1. The van der Waals surface area contributed by atoms with Crippen LogP contribution in [0, 0.1) is 20.8 Å². The van der Waals surface area contributed by atoms with Crippen molar-refractivity contribution in [2.24, 2.45) is 0 Å². The molecule has 0 amide bonds. The number of thiazole rings is 1. The molecule has 0 aromatic carbocycles. The van der Waals surface area contributed by atoms with E-state index in [2.05, 4.69) is 21.5 Å². The van der Waals surface area contributed by atoms with Crippen LogP contribution in [0.5, 0.6) is 0 Å². The lowest BCUT2D eigenvalue weighted by atomic mass is 10.4. The second-order valence-corrected chi connectivity index (χ2v) is 7.36. The van der Waals surface area contributed by atoms with E-state index in [1.807, 2.05) is 19.2 Å². The molecule has 0 fully saturated rings. The van der Waals surface area contributed by atoms with E-state index in [1.165, 1.54) is 11.3 Å². The number of hydrogen-bond donors (Lipinski definition) is 0. The Labute approximate surface area is 148 Å². The number of nitrogens with zero attached hydrogens (tertiary/aromatic N) is 4. The number of rotatable bonds is 6. The summed E-state index contributed by atoms with van der Waals surface area (Å²) in [4.78, 5) is 22.2. The molecule has 0 aliphatic heterocycles. The van der Waals surface area contributed by atoms with E-state index >= 15 is 0 Å². The van der Waals surface area contributed by atoms with Crippen molar-refractivity contribution in [2.45, 2.75) is 38.2 Å². The van der Waals surface area contributed by atoms with Crippen LogP contribution in [0.25, 0.3) is 4.96 Å². The van der Waals surface area contributed by atoms with Gasteiger partial charge in [-0.2, -0.15) is 0 Å². The van der Waals surface area contributed by atoms with Gasteiger partial charge in [-0.3, -0.25) is 9.20 Å². The Kier molecular flexibility index (Phi) is 5.07. The molecular formula is C16H20N4O2S2. The molecule has 0 radical (unpaired) electrons. The average Bonchev–Trinajstić information content (AvgIpc) is 3.05. The summed E-state index contributed by atoms with van der Waals surface area (Å²) in [5, 5.41) is 2.89. The van der Waals surface area contributed by atoms with Gasteiger partial charge in [0.05, 0.1) is 18.0 Å². The molecule has 0 atom stereocenters. The summed E-state index contributed by atoms with van der Waals surface area (Å²) < 4.78 is 8.98. The minimum Gasteiger partial charge on any atom is -0.383 e. The van der Waals surface area contributed by atoms with Gasteiger partial charge in [0.15, 0.2) is 10.1 Å². The summed E-state index contributed by atoms with van der Waals surface area (Å²) in [6.45, 7) is 7.40. The van der Waals surface area contributed by atoms with Crippen LogP contribution in [-0.4, -0.2) is 32.7 Å². The normalized spacial score (nSPS) is 11.5. The van der Waals surface area contributed by atoms with Crippen LogP contribution >= 0.6 is 23.1 Å². The third-order valence-corrected chi connectivity index (χ3v) is 5.87. The van der Waals surface area contributed by atoms with Gasteiger partial charge in [0.1, 0.15) is 0 Å². The van der Waals surface area contributed by atoms with Gasteiger partial charge in [-0.25, -0.2) is 9.97 Å². The molecule has 0 aliphatic rings. The molecular weight excluding hydrogens is 344 g/mol. The zero-order valence-corrected chi connectivity index (χ0v) is 15.8. The Bertz CT molecular complexity index is 926. The highest BCUT2D eigenvalue weighted by atomic mass is 32.2. The molecule has 8 heteroatoms. The second-order valence-electron chi connectivity index (χ2n) is 5.58. The van der Waals surface area contributed by atoms with Gasteiger partial charge in [-0.1, -0.05) is 11.8 Å². The number of fused-ring (bicyclic) bond motifs is 1. The molecule has 0 saturated carbocycles. The quantitative estimate of drug-likeness (QED) is 0.630. The first kappa shape index (κ1) is 17.2. The third-order valence-electron chi connectivity index (χ3n) is 3.92. The van der Waals surface area contributed by atoms with Gasteiger partial charge < -0.3 is 9.30 Å². The predicted octanol–water partition coefficient (Wildman–Crippen LogP) is 2.82. The van der Waals surface area contributed by atoms with E-state index in [0.717, 1.165) is 39.4 Å². The molecule has 0 saturated heterocycles. The van der Waals surface area contributed by atoms with Crippen molar-refractivity contribution in [1.29, 1.82) is 0 Å². The molecule has 0 N–H and O–H groups in total. The van der Waals surface area contributed by atoms with Crippen LogP contribution in [0.1, 0.15) is 22.8 Å². The second kappa shape index (κ2) is 7.08. The molecule has 24 heavy (non-hydrogen) atoms. The molecule has 3 aromatic rings. The summed E-state index contributed by atoms with van der Waals surface area (Å²) in [5.74, 6) is 0.617. The first-order valence-electron chi connectivity index (χ1n) is 7.63. The Morgan fingerprint density at radius 3 is 2.83 bits per heavy atom. The number of hydrogen-bond acceptors (Lipinski definition) is 6. The lowest BCUT2D eigenvalue weighted by Crippen LogP contribution is -2.14. The topological polar surface area (TPSA) is 61.4 Å². The Morgan fingerprint density at radius 2 is 2.08 bits per heavy atom. The van der Waals surface area contributed by atoms with Gasteiger partial charge in [-0.15, -0.1) is 11.3 Å². The Hall–Kier alpha value is -1.64. The van der Waals surface area contributed by atoms with Crippen molar-refractivity contribution in [1.82, 2.24) is 18.9 Å². The van der Waals surface area contributed by atoms with Gasteiger partial charge in [0.25, 0.3) is 5.56 Å². The highest BCUT2D eigenvalue weighted by Crippen LogP contribution is 2.24. The summed E-state index contributed by atoms with van der Waals surface area (Å²) in [6, 6.07) is 1.61. The fourth-order valence-corrected chi connectivity index (χ4v) is 4.39. The maximum Gasteiger partial charge on any atom is 0.258 e. The summed E-state index contributed by atoms with van der Waals surface area (Å²) in [6.07, 6.45) is 0. The van der Waals surface area contributed by atoms with Gasteiger partial charge in [-0.05, 0) is 20.8 Å². The lowest BCUT2D eigenvalue weighted by molar-refractivity contribution is 0.184. The van der Waals surface area contributed by atoms with Crippen LogP contribution in [0.15, 0.2) is 21.4 Å². The number of aromatic nitrogens is 4. The first-order chi connectivity index (χ1) is 11.5. The number of thioether (sulfide) groups is 1. The smallest absolute Gasteiger partial charge is 0.258 e. The summed E-state index contributed by atoms with van der Waals surface area (Å²) >= 11 is 3.09. The fraction of sp³-hybridized carbons (Fsp3) is 0.438. The monoisotopic (exact) mass is 364 g/mol. The standard InChI is InChI=1S/C16H20N4O2S2/c1-10-8-23-16-18-13(7-14(21)20(10)16)9-24-15-17-11(2)12(3)19(15)5-6-22-4/h7-8H,5-6,9H2,1-4H3. The van der Waals surface area contributed by atoms with Crippen LogP contribution in [0.4, 0.5) is 0 Å². The molecule has 0 spiro atoms. The van der Waals surface area contributed by atoms with Crippen LogP contribution in [0.2, 0.25) is 0 Å². The van der Waals surface area contributed by atoms with Crippen LogP contribution in [-0.2, 0) is 17.0 Å². The van der Waals surface area contributed by atoms with Crippen molar-refractivity contribution in [3.8, 4) is 0 Å². The third kappa shape index (κ3) is 3.26. The van der Waals surface area contributed by atoms with Gasteiger partial charge in [0, 0.05) is 42.2 Å². The van der Waals surface area contributed by atoms with Crippen molar-refractivity contribution in [2.75, 3.05) is 13.7 Å². The molecule has 0 bridgehead atoms. The zero-order chi connectivity index (χ0) is 17.3. The predicted molar refractivity (Wildman–Crippen MR) is 97.2 cm³/mol. The van der Waals surface area contributed by atoms with Crippen LogP contribution in [0.3, 0.4) is 0 Å². The van der Waals surface area contributed by atoms with E-state index in [-0.39, 0.29) is 5.56 Å². The van der Waals surface area contributed by atoms with Gasteiger partial charge >= 0.3 is 0 Å². The van der Waals surface area contributed by atoms with Crippen LogP contribution < -0.4 is 5.56 Å².